The Hall–Kier alpha value is -1.87. The Bertz CT molecular complexity index is 1050. The molecule has 7 nitrogen and oxygen atoms in total. The number of hydrogen-bond donors (Lipinski definition) is 1. The number of amides is 2. The van der Waals surface area contributed by atoms with Gasteiger partial charge in [-0.2, -0.15) is 0 Å². The number of nitrogens with zero attached hydrogens (tertiary/aromatic N) is 3. The first kappa shape index (κ1) is 21.4. The molecule has 2 N–H and O–H groups in total. The average Bonchev–Trinajstić information content (AvgIpc) is 3.09. The second-order valence-electron chi connectivity index (χ2n) is 8.35. The molecule has 2 aromatic rings. The van der Waals surface area contributed by atoms with Gasteiger partial charge < -0.3 is 10.6 Å². The van der Waals surface area contributed by atoms with Crippen molar-refractivity contribution in [3.05, 3.63) is 20.8 Å². The van der Waals surface area contributed by atoms with Gasteiger partial charge in [0.05, 0.1) is 17.1 Å². The fourth-order valence-corrected chi connectivity index (χ4v) is 6.84. The molecule has 0 aromatic carbocycles. The molecule has 2 unspecified atom stereocenters. The summed E-state index contributed by atoms with van der Waals surface area (Å²) in [5, 5.41) is 1.37. The summed E-state index contributed by atoms with van der Waals surface area (Å²) in [6, 6.07) is 0. The number of rotatable bonds is 5. The zero-order valence-electron chi connectivity index (χ0n) is 17.5. The van der Waals surface area contributed by atoms with Crippen LogP contribution < -0.4 is 11.3 Å². The number of fused-ring (bicyclic) bond motifs is 3. The Morgan fingerprint density at radius 2 is 2.13 bits per heavy atom. The molecule has 3 heterocycles. The van der Waals surface area contributed by atoms with Gasteiger partial charge in [0.2, 0.25) is 11.8 Å². The van der Waals surface area contributed by atoms with Gasteiger partial charge in [0.1, 0.15) is 4.83 Å². The largest absolute Gasteiger partial charge is 0.369 e. The highest BCUT2D eigenvalue weighted by Gasteiger charge is 2.28. The fourth-order valence-electron chi connectivity index (χ4n) is 4.45. The lowest BCUT2D eigenvalue weighted by Gasteiger charge is -2.31. The smallest absolute Gasteiger partial charge is 0.263 e. The first-order valence-corrected chi connectivity index (χ1v) is 12.4. The van der Waals surface area contributed by atoms with Crippen LogP contribution in [0.5, 0.6) is 0 Å². The Kier molecular flexibility index (Phi) is 6.20. The van der Waals surface area contributed by atoms with Gasteiger partial charge >= 0.3 is 0 Å². The molecular formula is C21H28N4O3S2. The van der Waals surface area contributed by atoms with E-state index in [2.05, 4.69) is 6.92 Å². The van der Waals surface area contributed by atoms with Crippen molar-refractivity contribution in [2.45, 2.75) is 57.7 Å². The van der Waals surface area contributed by atoms with Crippen molar-refractivity contribution >= 4 is 45.1 Å². The lowest BCUT2D eigenvalue weighted by atomic mass is 9.89. The van der Waals surface area contributed by atoms with Crippen LogP contribution in [-0.2, 0) is 29.0 Å². The lowest BCUT2D eigenvalue weighted by Crippen LogP contribution is -2.44. The van der Waals surface area contributed by atoms with Crippen molar-refractivity contribution in [1.82, 2.24) is 14.5 Å². The number of thioether (sulfide) groups is 1. The SMILES string of the molecule is CCn1c(SCC(=O)N2CCCC(C(N)=O)C2)nc2sc3c(c2c1=O)CCC(C)C3. The van der Waals surface area contributed by atoms with Gasteiger partial charge in [-0.25, -0.2) is 4.98 Å². The Balaban J connectivity index is 1.56. The number of hydrogen-bond acceptors (Lipinski definition) is 6. The summed E-state index contributed by atoms with van der Waals surface area (Å²) in [4.78, 5) is 46.0. The van der Waals surface area contributed by atoms with Gasteiger partial charge in [-0.3, -0.25) is 19.0 Å². The zero-order valence-corrected chi connectivity index (χ0v) is 19.1. The van der Waals surface area contributed by atoms with E-state index < -0.39 is 0 Å². The van der Waals surface area contributed by atoms with E-state index in [1.54, 1.807) is 20.8 Å². The quantitative estimate of drug-likeness (QED) is 0.559. The molecule has 162 valence electrons. The highest BCUT2D eigenvalue weighted by Crippen LogP contribution is 2.36. The maximum Gasteiger partial charge on any atom is 0.263 e. The van der Waals surface area contributed by atoms with Gasteiger partial charge in [0.25, 0.3) is 5.56 Å². The molecule has 2 atom stereocenters. The number of piperidine rings is 1. The fraction of sp³-hybridized carbons (Fsp3) is 0.619. The number of likely N-dealkylation sites (tertiary alicyclic amines) is 1. The molecule has 1 aliphatic heterocycles. The Labute approximate surface area is 184 Å². The summed E-state index contributed by atoms with van der Waals surface area (Å²) in [6.45, 7) is 5.74. The standard InChI is InChI=1S/C21H28N4O3S2/c1-3-25-20(28)17-14-7-6-12(2)9-15(14)30-19(17)23-21(25)29-11-16(26)24-8-4-5-13(10-24)18(22)27/h12-13H,3-11H2,1-2H3,(H2,22,27). The maximum atomic E-state index is 13.2. The van der Waals surface area contributed by atoms with Crippen molar-refractivity contribution in [2.24, 2.45) is 17.6 Å². The van der Waals surface area contributed by atoms with Crippen LogP contribution in [0, 0.1) is 11.8 Å². The van der Waals surface area contributed by atoms with Gasteiger partial charge in [-0.1, -0.05) is 18.7 Å². The van der Waals surface area contributed by atoms with Gasteiger partial charge in [-0.05, 0) is 50.5 Å². The van der Waals surface area contributed by atoms with E-state index >= 15 is 0 Å². The van der Waals surface area contributed by atoms with Crippen LogP contribution in [-0.4, -0.2) is 45.1 Å². The normalized spacial score (nSPS) is 21.6. The van der Waals surface area contributed by atoms with Crippen molar-refractivity contribution in [3.8, 4) is 0 Å². The molecule has 0 bridgehead atoms. The number of carbonyl (C=O) groups excluding carboxylic acids is 2. The molecule has 2 aromatic heterocycles. The van der Waals surface area contributed by atoms with Crippen LogP contribution in [0.15, 0.2) is 9.95 Å². The molecule has 1 fully saturated rings. The van der Waals surface area contributed by atoms with Gasteiger partial charge in [0.15, 0.2) is 5.16 Å². The van der Waals surface area contributed by atoms with Crippen LogP contribution in [0.1, 0.15) is 43.6 Å². The monoisotopic (exact) mass is 448 g/mol. The third-order valence-electron chi connectivity index (χ3n) is 6.20. The average molecular weight is 449 g/mol. The van der Waals surface area contributed by atoms with E-state index in [-0.39, 0.29) is 29.0 Å². The molecule has 0 spiro atoms. The summed E-state index contributed by atoms with van der Waals surface area (Å²) >= 11 is 2.94. The molecule has 1 aliphatic carbocycles. The lowest BCUT2D eigenvalue weighted by molar-refractivity contribution is -0.132. The second-order valence-corrected chi connectivity index (χ2v) is 10.4. The van der Waals surface area contributed by atoms with E-state index in [1.807, 2.05) is 6.92 Å². The zero-order chi connectivity index (χ0) is 21.4. The predicted molar refractivity (Wildman–Crippen MR) is 120 cm³/mol. The highest BCUT2D eigenvalue weighted by molar-refractivity contribution is 7.99. The van der Waals surface area contributed by atoms with Crippen LogP contribution in [0.3, 0.4) is 0 Å². The summed E-state index contributed by atoms with van der Waals surface area (Å²) in [5.41, 5.74) is 6.62. The van der Waals surface area contributed by atoms with Crippen molar-refractivity contribution in [1.29, 1.82) is 0 Å². The number of nitrogens with two attached hydrogens (primary N) is 1. The maximum absolute atomic E-state index is 13.2. The van der Waals surface area contributed by atoms with E-state index in [9.17, 15) is 14.4 Å². The summed E-state index contributed by atoms with van der Waals surface area (Å²) in [7, 11) is 0. The minimum atomic E-state index is -0.344. The van der Waals surface area contributed by atoms with E-state index in [4.69, 9.17) is 10.7 Å². The predicted octanol–water partition coefficient (Wildman–Crippen LogP) is 2.42. The molecule has 1 saturated heterocycles. The third kappa shape index (κ3) is 4.01. The molecule has 30 heavy (non-hydrogen) atoms. The van der Waals surface area contributed by atoms with Gasteiger partial charge in [-0.15, -0.1) is 11.3 Å². The topological polar surface area (TPSA) is 98.3 Å². The third-order valence-corrected chi connectivity index (χ3v) is 8.31. The molecule has 2 amide bonds. The number of aromatic nitrogens is 2. The highest BCUT2D eigenvalue weighted by atomic mass is 32.2. The van der Waals surface area contributed by atoms with E-state index in [1.165, 1.54) is 22.2 Å². The summed E-state index contributed by atoms with van der Waals surface area (Å²) in [5.74, 6) is 0.186. The van der Waals surface area contributed by atoms with Crippen molar-refractivity contribution in [3.63, 3.8) is 0 Å². The molecule has 2 aliphatic rings. The molecular weight excluding hydrogens is 420 g/mol. The number of carbonyl (C=O) groups is 2. The van der Waals surface area contributed by atoms with Crippen molar-refractivity contribution < 1.29 is 9.59 Å². The van der Waals surface area contributed by atoms with Crippen LogP contribution in [0.25, 0.3) is 10.2 Å². The number of primary amides is 1. The first-order chi connectivity index (χ1) is 14.4. The molecule has 4 rings (SSSR count). The van der Waals surface area contributed by atoms with Crippen LogP contribution >= 0.6 is 23.1 Å². The summed E-state index contributed by atoms with van der Waals surface area (Å²) < 4.78 is 1.69. The Morgan fingerprint density at radius 1 is 1.33 bits per heavy atom. The van der Waals surface area contributed by atoms with Crippen LogP contribution in [0.4, 0.5) is 0 Å². The second kappa shape index (κ2) is 8.70. The van der Waals surface area contributed by atoms with Gasteiger partial charge in [0, 0.05) is 24.5 Å². The minimum Gasteiger partial charge on any atom is -0.369 e. The van der Waals surface area contributed by atoms with Crippen molar-refractivity contribution in [2.75, 3.05) is 18.8 Å². The molecule has 9 heteroatoms. The van der Waals surface area contributed by atoms with E-state index in [0.29, 0.717) is 30.7 Å². The number of thiophene rings is 1. The number of aryl methyl sites for hydroxylation is 1. The Morgan fingerprint density at radius 3 is 2.87 bits per heavy atom. The molecule has 0 radical (unpaired) electrons. The van der Waals surface area contributed by atoms with E-state index in [0.717, 1.165) is 42.3 Å². The minimum absolute atomic E-state index is 0.0104. The molecule has 0 saturated carbocycles. The first-order valence-electron chi connectivity index (χ1n) is 10.6. The summed E-state index contributed by atoms with van der Waals surface area (Å²) in [6.07, 6.45) is 4.59. The van der Waals surface area contributed by atoms with Crippen LogP contribution in [0.2, 0.25) is 0 Å².